The molecule has 5 nitrogen and oxygen atoms in total. The molecule has 2 aromatic rings. The van der Waals surface area contributed by atoms with Gasteiger partial charge in [-0.3, -0.25) is 9.79 Å². The van der Waals surface area contributed by atoms with Crippen molar-refractivity contribution in [3.63, 3.8) is 0 Å². The Morgan fingerprint density at radius 1 is 1.08 bits per heavy atom. The fourth-order valence-corrected chi connectivity index (χ4v) is 2.50. The minimum Gasteiger partial charge on any atom is -0.355 e. The van der Waals surface area contributed by atoms with Crippen molar-refractivity contribution in [2.24, 2.45) is 4.99 Å². The monoisotopic (exact) mass is 406 g/mol. The number of guanidine groups is 1. The van der Waals surface area contributed by atoms with Crippen LogP contribution in [0.3, 0.4) is 0 Å². The van der Waals surface area contributed by atoms with Gasteiger partial charge in [0.05, 0.1) is 0 Å². The van der Waals surface area contributed by atoms with E-state index in [1.54, 1.807) is 31.3 Å². The molecular weight excluding hydrogens is 387 g/mol. The highest BCUT2D eigenvalue weighted by molar-refractivity contribution is 9.10. The van der Waals surface area contributed by atoms with E-state index in [1.165, 1.54) is 12.1 Å². The maximum atomic E-state index is 12.9. The zero-order valence-electron chi connectivity index (χ0n) is 13.9. The Hall–Kier alpha value is -2.41. The number of benzene rings is 2. The summed E-state index contributed by atoms with van der Waals surface area (Å²) in [6, 6.07) is 13.5. The van der Waals surface area contributed by atoms with Gasteiger partial charge in [0.2, 0.25) is 0 Å². The summed E-state index contributed by atoms with van der Waals surface area (Å²) >= 11 is 3.34. The summed E-state index contributed by atoms with van der Waals surface area (Å²) in [5.41, 5.74) is 1.56. The van der Waals surface area contributed by atoms with Gasteiger partial charge in [-0.2, -0.15) is 0 Å². The van der Waals surface area contributed by atoms with Crippen LogP contribution in [0.2, 0.25) is 0 Å². The van der Waals surface area contributed by atoms with Crippen LogP contribution in [0, 0.1) is 5.82 Å². The molecule has 0 fully saturated rings. The third-order valence-corrected chi connectivity index (χ3v) is 3.88. The minimum absolute atomic E-state index is 0.127. The van der Waals surface area contributed by atoms with Gasteiger partial charge in [-0.15, -0.1) is 0 Å². The summed E-state index contributed by atoms with van der Waals surface area (Å²) in [4.78, 5) is 16.1. The van der Waals surface area contributed by atoms with Crippen LogP contribution < -0.4 is 16.0 Å². The molecule has 0 aromatic heterocycles. The molecule has 0 saturated carbocycles. The van der Waals surface area contributed by atoms with E-state index in [2.05, 4.69) is 36.9 Å². The molecule has 0 aliphatic heterocycles. The summed E-state index contributed by atoms with van der Waals surface area (Å²) in [6.45, 7) is 1.52. The largest absolute Gasteiger partial charge is 0.355 e. The molecule has 0 spiro atoms. The van der Waals surface area contributed by atoms with Gasteiger partial charge in [0.25, 0.3) is 5.91 Å². The second-order valence-electron chi connectivity index (χ2n) is 5.25. The number of hydrogen-bond donors (Lipinski definition) is 3. The predicted molar refractivity (Wildman–Crippen MR) is 101 cm³/mol. The van der Waals surface area contributed by atoms with Crippen LogP contribution in [-0.2, 0) is 6.54 Å². The average Bonchev–Trinajstić information content (AvgIpc) is 2.62. The molecule has 0 atom stereocenters. The Morgan fingerprint density at radius 2 is 1.80 bits per heavy atom. The quantitative estimate of drug-likeness (QED) is 0.392. The normalized spacial score (nSPS) is 11.1. The Morgan fingerprint density at radius 3 is 2.48 bits per heavy atom. The van der Waals surface area contributed by atoms with Gasteiger partial charge in [0.15, 0.2) is 5.96 Å². The second kappa shape index (κ2) is 9.78. The molecule has 0 aliphatic carbocycles. The Balaban J connectivity index is 1.70. The van der Waals surface area contributed by atoms with Crippen molar-refractivity contribution in [1.29, 1.82) is 0 Å². The average molecular weight is 407 g/mol. The van der Waals surface area contributed by atoms with E-state index < -0.39 is 0 Å². The third-order valence-electron chi connectivity index (χ3n) is 3.39. The number of aliphatic imine (C=N–C) groups is 1. The van der Waals surface area contributed by atoms with Gasteiger partial charge in [0, 0.05) is 36.7 Å². The summed E-state index contributed by atoms with van der Waals surface area (Å²) < 4.78 is 13.7. The lowest BCUT2D eigenvalue weighted by Gasteiger charge is -2.12. The maximum absolute atomic E-state index is 12.9. The van der Waals surface area contributed by atoms with Crippen LogP contribution >= 0.6 is 15.9 Å². The van der Waals surface area contributed by atoms with E-state index in [9.17, 15) is 9.18 Å². The molecule has 0 aliphatic rings. The Labute approximate surface area is 154 Å². The molecule has 3 N–H and O–H groups in total. The molecule has 0 unspecified atom stereocenters. The van der Waals surface area contributed by atoms with E-state index in [-0.39, 0.29) is 11.7 Å². The molecule has 2 aromatic carbocycles. The summed E-state index contributed by atoms with van der Waals surface area (Å²) in [7, 11) is 1.67. The van der Waals surface area contributed by atoms with Gasteiger partial charge < -0.3 is 16.0 Å². The summed E-state index contributed by atoms with van der Waals surface area (Å²) in [5.74, 6) is 0.228. The number of halogens is 2. The first-order chi connectivity index (χ1) is 12.1. The first kappa shape index (κ1) is 18.9. The zero-order chi connectivity index (χ0) is 18.1. The SMILES string of the molecule is CN=C(NCCNC(=O)c1cccc(Br)c1)NCc1ccc(F)cc1. The molecule has 0 bridgehead atoms. The molecule has 1 amide bonds. The highest BCUT2D eigenvalue weighted by atomic mass is 79.9. The van der Waals surface area contributed by atoms with Crippen molar-refractivity contribution < 1.29 is 9.18 Å². The van der Waals surface area contributed by atoms with Crippen molar-refractivity contribution in [3.05, 3.63) is 69.9 Å². The van der Waals surface area contributed by atoms with E-state index in [1.807, 2.05) is 12.1 Å². The number of hydrogen-bond acceptors (Lipinski definition) is 2. The van der Waals surface area contributed by atoms with Crippen LogP contribution in [0.4, 0.5) is 4.39 Å². The van der Waals surface area contributed by atoms with E-state index >= 15 is 0 Å². The van der Waals surface area contributed by atoms with Crippen molar-refractivity contribution >= 4 is 27.8 Å². The number of nitrogens with one attached hydrogen (secondary N) is 3. The van der Waals surface area contributed by atoms with Gasteiger partial charge in [-0.1, -0.05) is 34.1 Å². The fraction of sp³-hybridized carbons (Fsp3) is 0.222. The number of rotatable bonds is 6. The maximum Gasteiger partial charge on any atom is 0.251 e. The number of amides is 1. The van der Waals surface area contributed by atoms with Crippen LogP contribution in [-0.4, -0.2) is 32.0 Å². The van der Waals surface area contributed by atoms with Gasteiger partial charge in [-0.25, -0.2) is 4.39 Å². The zero-order valence-corrected chi connectivity index (χ0v) is 15.4. The molecule has 2 rings (SSSR count). The number of nitrogens with zero attached hydrogens (tertiary/aromatic N) is 1. The van der Waals surface area contributed by atoms with Crippen molar-refractivity contribution in [2.45, 2.75) is 6.54 Å². The van der Waals surface area contributed by atoms with Crippen LogP contribution in [0.5, 0.6) is 0 Å². The van der Waals surface area contributed by atoms with Gasteiger partial charge in [-0.05, 0) is 35.9 Å². The van der Waals surface area contributed by atoms with Crippen molar-refractivity contribution in [3.8, 4) is 0 Å². The number of carbonyl (C=O) groups excluding carboxylic acids is 1. The lowest BCUT2D eigenvalue weighted by molar-refractivity contribution is 0.0954. The van der Waals surface area contributed by atoms with E-state index in [0.29, 0.717) is 31.2 Å². The summed E-state index contributed by atoms with van der Waals surface area (Å²) in [6.07, 6.45) is 0. The van der Waals surface area contributed by atoms with Crippen molar-refractivity contribution in [2.75, 3.05) is 20.1 Å². The third kappa shape index (κ3) is 6.54. The minimum atomic E-state index is -0.257. The second-order valence-corrected chi connectivity index (χ2v) is 6.16. The highest BCUT2D eigenvalue weighted by Crippen LogP contribution is 2.11. The fourth-order valence-electron chi connectivity index (χ4n) is 2.10. The molecule has 132 valence electrons. The molecule has 7 heteroatoms. The van der Waals surface area contributed by atoms with Crippen LogP contribution in [0.15, 0.2) is 58.0 Å². The highest BCUT2D eigenvalue weighted by Gasteiger charge is 2.05. The molecule has 0 heterocycles. The smallest absolute Gasteiger partial charge is 0.251 e. The first-order valence-electron chi connectivity index (χ1n) is 7.81. The molecule has 0 radical (unpaired) electrons. The first-order valence-corrected chi connectivity index (χ1v) is 8.60. The van der Waals surface area contributed by atoms with Crippen LogP contribution in [0.25, 0.3) is 0 Å². The van der Waals surface area contributed by atoms with E-state index in [0.717, 1.165) is 10.0 Å². The predicted octanol–water partition coefficient (Wildman–Crippen LogP) is 2.68. The lowest BCUT2D eigenvalue weighted by Crippen LogP contribution is -2.41. The van der Waals surface area contributed by atoms with Gasteiger partial charge in [0.1, 0.15) is 5.82 Å². The summed E-state index contributed by atoms with van der Waals surface area (Å²) in [5, 5.41) is 9.08. The topological polar surface area (TPSA) is 65.5 Å². The van der Waals surface area contributed by atoms with Crippen molar-refractivity contribution in [1.82, 2.24) is 16.0 Å². The Kier molecular flexibility index (Phi) is 7.40. The molecule has 0 saturated heterocycles. The molecule has 25 heavy (non-hydrogen) atoms. The standard InChI is InChI=1S/C18H20BrFN4O/c1-21-18(24-12-13-5-7-16(20)8-6-13)23-10-9-22-17(25)14-3-2-4-15(19)11-14/h2-8,11H,9-10,12H2,1H3,(H,22,25)(H2,21,23,24). The Bertz CT molecular complexity index is 734. The van der Waals surface area contributed by atoms with E-state index in [4.69, 9.17) is 0 Å². The molecular formula is C18H20BrFN4O. The van der Waals surface area contributed by atoms with Gasteiger partial charge >= 0.3 is 0 Å². The lowest BCUT2D eigenvalue weighted by atomic mass is 10.2. The number of carbonyl (C=O) groups is 1. The van der Waals surface area contributed by atoms with Crippen LogP contribution in [0.1, 0.15) is 15.9 Å².